The lowest BCUT2D eigenvalue weighted by Gasteiger charge is -2.35. The number of nitrogens with one attached hydrogen (secondary N) is 1. The smallest absolute Gasteiger partial charge is 0.264 e. The third kappa shape index (κ3) is 4.64. The molecule has 5 rings (SSSR count). The van der Waals surface area contributed by atoms with E-state index in [1.165, 1.54) is 4.31 Å². The number of sulfonamides is 1. The van der Waals surface area contributed by atoms with E-state index in [9.17, 15) is 13.2 Å². The van der Waals surface area contributed by atoms with Crippen LogP contribution in [-0.2, 0) is 14.8 Å². The minimum absolute atomic E-state index is 0.150. The Labute approximate surface area is 204 Å². The molecule has 0 aromatic heterocycles. The van der Waals surface area contributed by atoms with Crippen LogP contribution in [0.5, 0.6) is 17.2 Å². The van der Waals surface area contributed by atoms with Gasteiger partial charge in [0.15, 0.2) is 17.6 Å². The number of fused-ring (bicyclic) bond motifs is 2. The van der Waals surface area contributed by atoms with E-state index in [1.54, 1.807) is 42.5 Å². The largest absolute Gasteiger partial charge is 0.486 e. The molecule has 0 saturated heterocycles. The molecule has 0 bridgehead atoms. The molecule has 35 heavy (non-hydrogen) atoms. The number of hydrogen-bond acceptors (Lipinski definition) is 6. The maximum atomic E-state index is 13.5. The van der Waals surface area contributed by atoms with E-state index in [0.29, 0.717) is 29.5 Å². The maximum absolute atomic E-state index is 13.5. The quantitative estimate of drug-likeness (QED) is 0.586. The second-order valence-electron chi connectivity index (χ2n) is 8.67. The molecule has 1 amide bonds. The number of rotatable bonds is 5. The van der Waals surface area contributed by atoms with Crippen molar-refractivity contribution in [3.63, 3.8) is 0 Å². The summed E-state index contributed by atoms with van der Waals surface area (Å²) in [7, 11) is -3.91. The molecule has 1 N–H and O–H groups in total. The summed E-state index contributed by atoms with van der Waals surface area (Å²) in [6.07, 6.45) is -1.40. The Morgan fingerprint density at radius 2 is 1.66 bits per heavy atom. The van der Waals surface area contributed by atoms with Crippen molar-refractivity contribution in [2.24, 2.45) is 0 Å². The summed E-state index contributed by atoms with van der Waals surface area (Å²) in [5.41, 5.74) is 2.25. The maximum Gasteiger partial charge on any atom is 0.264 e. The van der Waals surface area contributed by atoms with Gasteiger partial charge in [-0.05, 0) is 55.8 Å². The summed E-state index contributed by atoms with van der Waals surface area (Å²) in [5.74, 6) is 1.20. The van der Waals surface area contributed by atoms with Crippen LogP contribution in [0.15, 0.2) is 71.6 Å². The summed E-state index contributed by atoms with van der Waals surface area (Å²) in [5, 5.41) is 2.83. The van der Waals surface area contributed by atoms with Crippen molar-refractivity contribution in [2.75, 3.05) is 24.0 Å². The number of para-hydroxylation sites is 2. The van der Waals surface area contributed by atoms with Gasteiger partial charge in [0.25, 0.3) is 15.9 Å². The highest BCUT2D eigenvalue weighted by Gasteiger charge is 2.38. The van der Waals surface area contributed by atoms with Gasteiger partial charge in [0.1, 0.15) is 18.5 Å². The molecule has 0 unspecified atom stereocenters. The van der Waals surface area contributed by atoms with E-state index in [2.05, 4.69) is 5.32 Å². The van der Waals surface area contributed by atoms with Gasteiger partial charge in [0.2, 0.25) is 0 Å². The summed E-state index contributed by atoms with van der Waals surface area (Å²) < 4.78 is 45.9. The molecule has 0 radical (unpaired) electrons. The van der Waals surface area contributed by atoms with Crippen LogP contribution in [0.3, 0.4) is 0 Å². The number of aryl methyl sites for hydroxylation is 2. The first-order valence-electron chi connectivity index (χ1n) is 11.3. The first-order valence-corrected chi connectivity index (χ1v) is 12.8. The molecular formula is C26H26N2O6S. The number of anilines is 1. The fraction of sp³-hybridized carbons (Fsp3) is 0.269. The van der Waals surface area contributed by atoms with Crippen LogP contribution in [0, 0.1) is 13.8 Å². The van der Waals surface area contributed by atoms with Gasteiger partial charge in [-0.3, -0.25) is 9.10 Å². The first kappa shape index (κ1) is 23.0. The van der Waals surface area contributed by atoms with Gasteiger partial charge in [-0.2, -0.15) is 0 Å². The lowest BCUT2D eigenvalue weighted by atomic mass is 10.1. The standard InChI is InChI=1S/C26H26N2O6S/c1-17-7-10-20(11-8-17)35(30,31)28-15-25(34-24-13-18(2)9-12-21(24)28)26(29)27-14-19-16-32-22-5-3-4-6-23(22)33-19/h3-13,19,25H,14-16H2,1-2H3,(H,27,29)/t19-,25+/m0/s1. The van der Waals surface area contributed by atoms with E-state index in [1.807, 2.05) is 38.1 Å². The monoisotopic (exact) mass is 494 g/mol. The van der Waals surface area contributed by atoms with Crippen LogP contribution in [-0.4, -0.2) is 46.2 Å². The van der Waals surface area contributed by atoms with Gasteiger partial charge in [-0.1, -0.05) is 35.9 Å². The van der Waals surface area contributed by atoms with E-state index in [0.717, 1.165) is 11.1 Å². The van der Waals surface area contributed by atoms with Crippen molar-refractivity contribution in [3.05, 3.63) is 77.9 Å². The second-order valence-corrected chi connectivity index (χ2v) is 10.5. The average Bonchev–Trinajstić information content (AvgIpc) is 2.86. The fourth-order valence-electron chi connectivity index (χ4n) is 4.05. The third-order valence-electron chi connectivity index (χ3n) is 5.96. The molecule has 182 valence electrons. The molecule has 2 aliphatic heterocycles. The highest BCUT2D eigenvalue weighted by molar-refractivity contribution is 7.92. The summed E-state index contributed by atoms with van der Waals surface area (Å²) in [6, 6.07) is 19.2. The van der Waals surface area contributed by atoms with E-state index in [4.69, 9.17) is 14.2 Å². The average molecular weight is 495 g/mol. The molecule has 9 heteroatoms. The fourth-order valence-corrected chi connectivity index (χ4v) is 5.53. The SMILES string of the molecule is Cc1ccc(S(=O)(=O)N2C[C@H](C(=O)NC[C@H]3COc4ccccc4O3)Oc3cc(C)ccc32)cc1. The molecule has 3 aromatic carbocycles. The molecule has 0 saturated carbocycles. The number of hydrogen-bond donors (Lipinski definition) is 1. The second kappa shape index (κ2) is 9.14. The molecule has 8 nitrogen and oxygen atoms in total. The van der Waals surface area contributed by atoms with Crippen molar-refractivity contribution in [1.29, 1.82) is 0 Å². The molecule has 2 atom stereocenters. The minimum atomic E-state index is -3.91. The predicted molar refractivity (Wildman–Crippen MR) is 131 cm³/mol. The summed E-state index contributed by atoms with van der Waals surface area (Å²) >= 11 is 0. The Kier molecular flexibility index (Phi) is 6.02. The molecule has 0 aliphatic carbocycles. The number of benzene rings is 3. The number of amides is 1. The van der Waals surface area contributed by atoms with Gasteiger partial charge in [0.05, 0.1) is 23.7 Å². The van der Waals surface area contributed by atoms with Crippen molar-refractivity contribution < 1.29 is 27.4 Å². The third-order valence-corrected chi connectivity index (χ3v) is 7.75. The van der Waals surface area contributed by atoms with Crippen LogP contribution in [0.4, 0.5) is 5.69 Å². The molecule has 2 aliphatic rings. The van der Waals surface area contributed by atoms with Gasteiger partial charge in [-0.15, -0.1) is 0 Å². The molecule has 0 fully saturated rings. The lowest BCUT2D eigenvalue weighted by Crippen LogP contribution is -2.52. The van der Waals surface area contributed by atoms with Crippen LogP contribution in [0.25, 0.3) is 0 Å². The molecule has 2 heterocycles. The van der Waals surface area contributed by atoms with Gasteiger partial charge < -0.3 is 19.5 Å². The van der Waals surface area contributed by atoms with Gasteiger partial charge >= 0.3 is 0 Å². The zero-order valence-corrected chi connectivity index (χ0v) is 20.2. The van der Waals surface area contributed by atoms with Crippen molar-refractivity contribution in [3.8, 4) is 17.2 Å². The predicted octanol–water partition coefficient (Wildman–Crippen LogP) is 3.22. The van der Waals surface area contributed by atoms with Crippen molar-refractivity contribution in [2.45, 2.75) is 31.0 Å². The van der Waals surface area contributed by atoms with Crippen LogP contribution >= 0.6 is 0 Å². The Bertz CT molecular complexity index is 1360. The number of nitrogens with zero attached hydrogens (tertiary/aromatic N) is 1. The Hall–Kier alpha value is -3.72. The van der Waals surface area contributed by atoms with E-state index < -0.39 is 22.0 Å². The number of carbonyl (C=O) groups is 1. The summed E-state index contributed by atoms with van der Waals surface area (Å²) in [6.45, 7) is 4.10. The van der Waals surface area contributed by atoms with Crippen LogP contribution < -0.4 is 23.8 Å². The van der Waals surface area contributed by atoms with E-state index in [-0.39, 0.29) is 24.1 Å². The van der Waals surface area contributed by atoms with Crippen LogP contribution in [0.2, 0.25) is 0 Å². The molecular weight excluding hydrogens is 468 g/mol. The Balaban J connectivity index is 1.34. The summed E-state index contributed by atoms with van der Waals surface area (Å²) in [4.78, 5) is 13.2. The highest BCUT2D eigenvalue weighted by Crippen LogP contribution is 2.38. The normalized spacial score (nSPS) is 18.9. The Morgan fingerprint density at radius 3 is 2.43 bits per heavy atom. The first-order chi connectivity index (χ1) is 16.8. The molecule has 0 spiro atoms. The topological polar surface area (TPSA) is 94.2 Å². The molecule has 3 aromatic rings. The Morgan fingerprint density at radius 1 is 0.943 bits per heavy atom. The zero-order valence-electron chi connectivity index (χ0n) is 19.4. The van der Waals surface area contributed by atoms with E-state index >= 15 is 0 Å². The number of carbonyl (C=O) groups excluding carboxylic acids is 1. The van der Waals surface area contributed by atoms with Crippen molar-refractivity contribution in [1.82, 2.24) is 5.32 Å². The zero-order chi connectivity index (χ0) is 24.6. The van der Waals surface area contributed by atoms with Gasteiger partial charge in [-0.25, -0.2) is 8.42 Å². The van der Waals surface area contributed by atoms with Crippen molar-refractivity contribution >= 4 is 21.6 Å². The van der Waals surface area contributed by atoms with Gasteiger partial charge in [0, 0.05) is 0 Å². The lowest BCUT2D eigenvalue weighted by molar-refractivity contribution is -0.128. The minimum Gasteiger partial charge on any atom is -0.486 e. The van der Waals surface area contributed by atoms with Crippen LogP contribution in [0.1, 0.15) is 11.1 Å². The highest BCUT2D eigenvalue weighted by atomic mass is 32.2. The number of ether oxygens (including phenoxy) is 3.